The second-order valence-electron chi connectivity index (χ2n) is 3.94. The standard InChI is InChI=1S/C12H16N4O3/c13-9-3-1-8(2-4-9)5-11(18)16-7-12(19)15-6-10(14)17/h1-4H,5-7,13H2,(H2,14,17)(H,15,19)(H,16,18). The molecule has 0 unspecified atom stereocenters. The van der Waals surface area contributed by atoms with Crippen molar-refractivity contribution in [3.05, 3.63) is 29.8 Å². The van der Waals surface area contributed by atoms with E-state index in [2.05, 4.69) is 10.6 Å². The Kier molecular flexibility index (Phi) is 5.34. The Bertz CT molecular complexity index is 470. The van der Waals surface area contributed by atoms with Gasteiger partial charge in [-0.1, -0.05) is 12.1 Å². The molecule has 0 aliphatic heterocycles. The lowest BCUT2D eigenvalue weighted by Crippen LogP contribution is -2.40. The third-order valence-electron chi connectivity index (χ3n) is 2.25. The number of anilines is 1. The van der Waals surface area contributed by atoms with Crippen molar-refractivity contribution in [3.63, 3.8) is 0 Å². The summed E-state index contributed by atoms with van der Waals surface area (Å²) in [5.41, 5.74) is 11.8. The van der Waals surface area contributed by atoms with Crippen molar-refractivity contribution >= 4 is 23.4 Å². The van der Waals surface area contributed by atoms with Gasteiger partial charge >= 0.3 is 0 Å². The minimum absolute atomic E-state index is 0.156. The molecule has 0 spiro atoms. The van der Waals surface area contributed by atoms with E-state index >= 15 is 0 Å². The Balaban J connectivity index is 2.29. The number of nitrogens with one attached hydrogen (secondary N) is 2. The van der Waals surface area contributed by atoms with Gasteiger partial charge in [-0.3, -0.25) is 14.4 Å². The molecule has 0 fully saturated rings. The summed E-state index contributed by atoms with van der Waals surface area (Å²) in [5, 5.41) is 4.70. The van der Waals surface area contributed by atoms with Crippen LogP contribution >= 0.6 is 0 Å². The maximum atomic E-state index is 11.5. The third-order valence-corrected chi connectivity index (χ3v) is 2.25. The fourth-order valence-electron chi connectivity index (χ4n) is 1.31. The summed E-state index contributed by atoms with van der Waals surface area (Å²) in [7, 11) is 0. The lowest BCUT2D eigenvalue weighted by atomic mass is 10.1. The number of carbonyl (C=O) groups excluding carboxylic acids is 3. The molecule has 0 saturated carbocycles. The van der Waals surface area contributed by atoms with E-state index in [-0.39, 0.29) is 25.4 Å². The number of hydrogen-bond acceptors (Lipinski definition) is 4. The lowest BCUT2D eigenvalue weighted by molar-refractivity contribution is -0.126. The van der Waals surface area contributed by atoms with Crippen LogP contribution in [0.3, 0.4) is 0 Å². The van der Waals surface area contributed by atoms with Gasteiger partial charge in [0.2, 0.25) is 17.7 Å². The van der Waals surface area contributed by atoms with Crippen LogP contribution in [0, 0.1) is 0 Å². The lowest BCUT2D eigenvalue weighted by Gasteiger charge is -2.06. The number of amides is 3. The number of primary amides is 1. The van der Waals surface area contributed by atoms with E-state index < -0.39 is 11.8 Å². The number of nitrogens with two attached hydrogens (primary N) is 2. The summed E-state index contributed by atoms with van der Waals surface area (Å²) in [6.07, 6.45) is 0.156. The third kappa shape index (κ3) is 6.06. The Morgan fingerprint density at radius 3 is 2.11 bits per heavy atom. The summed E-state index contributed by atoms with van der Waals surface area (Å²) >= 11 is 0. The van der Waals surface area contributed by atoms with Gasteiger partial charge in [-0.2, -0.15) is 0 Å². The van der Waals surface area contributed by atoms with Crippen molar-refractivity contribution in [1.29, 1.82) is 0 Å². The molecule has 7 nitrogen and oxygen atoms in total. The van der Waals surface area contributed by atoms with Crippen LogP contribution in [-0.4, -0.2) is 30.8 Å². The zero-order valence-electron chi connectivity index (χ0n) is 10.3. The van der Waals surface area contributed by atoms with Gasteiger partial charge in [0, 0.05) is 5.69 Å². The molecule has 0 heterocycles. The van der Waals surface area contributed by atoms with Crippen LogP contribution in [0.4, 0.5) is 5.69 Å². The number of rotatable bonds is 6. The molecule has 3 amide bonds. The van der Waals surface area contributed by atoms with Crippen LogP contribution in [0.5, 0.6) is 0 Å². The van der Waals surface area contributed by atoms with Crippen molar-refractivity contribution in [2.75, 3.05) is 18.8 Å². The van der Waals surface area contributed by atoms with Gasteiger partial charge in [0.05, 0.1) is 19.5 Å². The van der Waals surface area contributed by atoms with Gasteiger partial charge in [0.1, 0.15) is 0 Å². The van der Waals surface area contributed by atoms with E-state index in [4.69, 9.17) is 11.5 Å². The number of benzene rings is 1. The monoisotopic (exact) mass is 264 g/mol. The van der Waals surface area contributed by atoms with E-state index in [0.717, 1.165) is 5.56 Å². The van der Waals surface area contributed by atoms with Crippen LogP contribution in [0.2, 0.25) is 0 Å². The van der Waals surface area contributed by atoms with Crippen molar-refractivity contribution in [3.8, 4) is 0 Å². The predicted molar refractivity (Wildman–Crippen MR) is 69.8 cm³/mol. The minimum Gasteiger partial charge on any atom is -0.399 e. The van der Waals surface area contributed by atoms with Gasteiger partial charge < -0.3 is 22.1 Å². The summed E-state index contributed by atoms with van der Waals surface area (Å²) in [6, 6.07) is 6.87. The summed E-state index contributed by atoms with van der Waals surface area (Å²) in [4.78, 5) is 33.1. The van der Waals surface area contributed by atoms with Crippen LogP contribution < -0.4 is 22.1 Å². The fraction of sp³-hybridized carbons (Fsp3) is 0.250. The topological polar surface area (TPSA) is 127 Å². The van der Waals surface area contributed by atoms with E-state index in [1.54, 1.807) is 24.3 Å². The zero-order valence-corrected chi connectivity index (χ0v) is 10.3. The predicted octanol–water partition coefficient (Wildman–Crippen LogP) is -1.47. The average Bonchev–Trinajstić information content (AvgIpc) is 2.36. The molecule has 0 aliphatic rings. The maximum Gasteiger partial charge on any atom is 0.239 e. The van der Waals surface area contributed by atoms with E-state index in [0.29, 0.717) is 5.69 Å². The highest BCUT2D eigenvalue weighted by atomic mass is 16.2. The van der Waals surface area contributed by atoms with Gasteiger partial charge in [-0.15, -0.1) is 0 Å². The van der Waals surface area contributed by atoms with Crippen LogP contribution in [0.25, 0.3) is 0 Å². The van der Waals surface area contributed by atoms with E-state index in [1.807, 2.05) is 0 Å². The second-order valence-corrected chi connectivity index (χ2v) is 3.94. The van der Waals surface area contributed by atoms with Gasteiger partial charge in [0.25, 0.3) is 0 Å². The SMILES string of the molecule is NC(=O)CNC(=O)CNC(=O)Cc1ccc(N)cc1. The van der Waals surface area contributed by atoms with Gasteiger partial charge in [-0.05, 0) is 17.7 Å². The fourth-order valence-corrected chi connectivity index (χ4v) is 1.31. The van der Waals surface area contributed by atoms with Crippen LogP contribution in [0.15, 0.2) is 24.3 Å². The highest BCUT2D eigenvalue weighted by Crippen LogP contribution is 2.05. The molecule has 1 aromatic rings. The zero-order chi connectivity index (χ0) is 14.3. The van der Waals surface area contributed by atoms with E-state index in [9.17, 15) is 14.4 Å². The normalized spacial score (nSPS) is 9.68. The Morgan fingerprint density at radius 1 is 0.947 bits per heavy atom. The average molecular weight is 264 g/mol. The molecular weight excluding hydrogens is 248 g/mol. The van der Waals surface area contributed by atoms with E-state index in [1.165, 1.54) is 0 Å². The quantitative estimate of drug-likeness (QED) is 0.468. The first-order chi connectivity index (χ1) is 8.97. The van der Waals surface area contributed by atoms with Crippen molar-refractivity contribution in [2.45, 2.75) is 6.42 Å². The molecule has 6 N–H and O–H groups in total. The molecular formula is C12H16N4O3. The van der Waals surface area contributed by atoms with Crippen molar-refractivity contribution in [2.24, 2.45) is 5.73 Å². The van der Waals surface area contributed by atoms with Crippen molar-refractivity contribution < 1.29 is 14.4 Å². The number of carbonyl (C=O) groups is 3. The van der Waals surface area contributed by atoms with Crippen LogP contribution in [0.1, 0.15) is 5.56 Å². The molecule has 0 atom stereocenters. The Labute approximate surface area is 110 Å². The second kappa shape index (κ2) is 7.00. The first-order valence-electron chi connectivity index (χ1n) is 5.63. The highest BCUT2D eigenvalue weighted by Gasteiger charge is 2.07. The molecule has 0 radical (unpaired) electrons. The number of hydrogen-bond donors (Lipinski definition) is 4. The Morgan fingerprint density at radius 2 is 1.53 bits per heavy atom. The van der Waals surface area contributed by atoms with Gasteiger partial charge in [0.15, 0.2) is 0 Å². The molecule has 7 heteroatoms. The summed E-state index contributed by atoms with van der Waals surface area (Å²) in [6.45, 7) is -0.437. The number of nitrogen functional groups attached to an aromatic ring is 1. The Hall–Kier alpha value is -2.57. The largest absolute Gasteiger partial charge is 0.399 e. The molecule has 1 rings (SSSR count). The molecule has 19 heavy (non-hydrogen) atoms. The summed E-state index contributed by atoms with van der Waals surface area (Å²) < 4.78 is 0. The van der Waals surface area contributed by atoms with Gasteiger partial charge in [-0.25, -0.2) is 0 Å². The minimum atomic E-state index is -0.637. The molecule has 1 aromatic carbocycles. The molecule has 0 aliphatic carbocycles. The van der Waals surface area contributed by atoms with Crippen LogP contribution in [-0.2, 0) is 20.8 Å². The smallest absolute Gasteiger partial charge is 0.239 e. The first kappa shape index (κ1) is 14.5. The molecule has 0 aromatic heterocycles. The molecule has 102 valence electrons. The first-order valence-corrected chi connectivity index (χ1v) is 5.63. The van der Waals surface area contributed by atoms with Crippen molar-refractivity contribution in [1.82, 2.24) is 10.6 Å². The maximum absolute atomic E-state index is 11.5. The highest BCUT2D eigenvalue weighted by molar-refractivity contribution is 5.88. The molecule has 0 saturated heterocycles. The molecule has 0 bridgehead atoms. The summed E-state index contributed by atoms with van der Waals surface area (Å²) in [5.74, 6) is -1.40.